The van der Waals surface area contributed by atoms with E-state index in [1.807, 2.05) is 12.2 Å². The minimum atomic E-state index is -5.15. The molecular weight excluding hydrogens is 828 g/mol. The zero-order valence-electron chi connectivity index (χ0n) is 37.6. The minimum absolute atomic E-state index is 0.00391. The highest BCUT2D eigenvalue weighted by atomic mass is 31.2. The SMILES string of the molecule is CC/C=C/C/C=C/C/C=C/C/C=C/C/C=C/CCCC(=O)O[C@@H](COC(=O)CCCCC/C=C/C/C=C/C/C=C/C/C=C/CCC)COP(=O)(O)OC1C(O)C(O)C(O)[C@H](O)C1O. The fourth-order valence-electron chi connectivity index (χ4n) is 5.96. The third-order valence-corrected chi connectivity index (χ3v) is 10.6. The van der Waals surface area contributed by atoms with E-state index in [1.165, 1.54) is 6.42 Å². The number of carbonyl (C=O) groups excluding carboxylic acids is 2. The van der Waals surface area contributed by atoms with Gasteiger partial charge in [0.25, 0.3) is 0 Å². The van der Waals surface area contributed by atoms with E-state index in [-0.39, 0.29) is 12.8 Å². The lowest BCUT2D eigenvalue weighted by molar-refractivity contribution is -0.220. The molecule has 13 nitrogen and oxygen atoms in total. The summed E-state index contributed by atoms with van der Waals surface area (Å²) in [7, 11) is -5.15. The molecule has 6 unspecified atom stereocenters. The van der Waals surface area contributed by atoms with Gasteiger partial charge in [-0.3, -0.25) is 18.6 Å². The topological polar surface area (TPSA) is 210 Å². The molecular formula is C49H77O13P. The molecule has 0 aromatic carbocycles. The van der Waals surface area contributed by atoms with Crippen LogP contribution in [0.5, 0.6) is 0 Å². The Hall–Kier alpha value is -3.49. The van der Waals surface area contributed by atoms with Gasteiger partial charge in [-0.05, 0) is 89.9 Å². The van der Waals surface area contributed by atoms with Crippen molar-refractivity contribution in [3.05, 3.63) is 109 Å². The number of aliphatic hydroxyl groups is 5. The summed E-state index contributed by atoms with van der Waals surface area (Å²) in [5.41, 5.74) is 0. The van der Waals surface area contributed by atoms with E-state index in [0.717, 1.165) is 77.0 Å². The highest BCUT2D eigenvalue weighted by molar-refractivity contribution is 7.47. The Bertz CT molecular complexity index is 1510. The molecule has 6 N–H and O–H groups in total. The van der Waals surface area contributed by atoms with Gasteiger partial charge in [-0.25, -0.2) is 4.57 Å². The number of phosphoric acid groups is 1. The standard InChI is InChI=1S/C49H77O13P/c1-3-5-7-9-11-13-15-17-19-21-23-25-27-29-31-33-35-37-42(50)59-39-41(40-60-63(57,58)62-49-47(55)45(53)44(52)46(54)48(49)56)61-43(51)38-36-34-32-30-28-26-24-22-20-18-16-14-12-10-8-6-4-2/h6-9,12-15,18-21,24-27,30,32,41,44-49,52-56H,3-5,10-11,16-17,22-23,28-29,31,33-40H2,1-2H3,(H,57,58)/b8-6+,9-7+,14-12+,15-13+,20-18+,21-19+,26-24+,27-25+,32-30+/t41-,44?,45-,46?,47?,48?,49?/m0/s1. The van der Waals surface area contributed by atoms with E-state index in [4.69, 9.17) is 18.5 Å². The van der Waals surface area contributed by atoms with Gasteiger partial charge in [-0.1, -0.05) is 136 Å². The first kappa shape index (κ1) is 57.5. The van der Waals surface area contributed by atoms with Crippen LogP contribution in [0.15, 0.2) is 109 Å². The van der Waals surface area contributed by atoms with Crippen LogP contribution in [0.2, 0.25) is 0 Å². The Morgan fingerprint density at radius 3 is 1.40 bits per heavy atom. The maximum absolute atomic E-state index is 12.8. The number of hydrogen-bond acceptors (Lipinski definition) is 12. The summed E-state index contributed by atoms with van der Waals surface area (Å²) in [5.74, 6) is -1.22. The molecule has 1 rings (SSSR count). The van der Waals surface area contributed by atoms with Crippen LogP contribution in [0.1, 0.15) is 129 Å². The van der Waals surface area contributed by atoms with Crippen molar-refractivity contribution in [2.75, 3.05) is 13.2 Å². The average Bonchev–Trinajstić information content (AvgIpc) is 3.26. The Labute approximate surface area is 376 Å². The molecule has 0 saturated heterocycles. The van der Waals surface area contributed by atoms with Crippen molar-refractivity contribution in [1.29, 1.82) is 0 Å². The number of aliphatic hydroxyl groups excluding tert-OH is 5. The zero-order valence-corrected chi connectivity index (χ0v) is 38.5. The first-order valence-corrected chi connectivity index (χ1v) is 24.2. The van der Waals surface area contributed by atoms with Gasteiger partial charge in [-0.15, -0.1) is 0 Å². The maximum Gasteiger partial charge on any atom is 0.472 e. The molecule has 0 aromatic rings. The van der Waals surface area contributed by atoms with Crippen LogP contribution < -0.4 is 0 Å². The fraction of sp³-hybridized carbons (Fsp3) is 0.592. The summed E-state index contributed by atoms with van der Waals surface area (Å²) < 4.78 is 33.4. The quantitative estimate of drug-likeness (QED) is 0.0152. The Morgan fingerprint density at radius 1 is 0.508 bits per heavy atom. The molecule has 1 aliphatic carbocycles. The molecule has 63 heavy (non-hydrogen) atoms. The van der Waals surface area contributed by atoms with Crippen LogP contribution in [0.3, 0.4) is 0 Å². The predicted octanol–water partition coefficient (Wildman–Crippen LogP) is 8.83. The Morgan fingerprint density at radius 2 is 0.921 bits per heavy atom. The van der Waals surface area contributed by atoms with Gasteiger partial charge in [0.05, 0.1) is 6.61 Å². The zero-order chi connectivity index (χ0) is 46.4. The lowest BCUT2D eigenvalue weighted by atomic mass is 9.85. The summed E-state index contributed by atoms with van der Waals surface area (Å²) in [4.78, 5) is 35.7. The molecule has 14 heteroatoms. The van der Waals surface area contributed by atoms with Crippen LogP contribution in [0.25, 0.3) is 0 Å². The molecule has 0 aliphatic heterocycles. The molecule has 1 saturated carbocycles. The van der Waals surface area contributed by atoms with Crippen LogP contribution in [0.4, 0.5) is 0 Å². The first-order chi connectivity index (χ1) is 30.4. The van der Waals surface area contributed by atoms with Gasteiger partial charge in [0.2, 0.25) is 0 Å². The van der Waals surface area contributed by atoms with Gasteiger partial charge < -0.3 is 39.9 Å². The predicted molar refractivity (Wildman–Crippen MR) is 248 cm³/mol. The van der Waals surface area contributed by atoms with Crippen LogP contribution in [-0.4, -0.2) is 98.3 Å². The number of hydrogen-bond donors (Lipinski definition) is 6. The molecule has 8 atom stereocenters. The van der Waals surface area contributed by atoms with Gasteiger partial charge >= 0.3 is 19.8 Å². The van der Waals surface area contributed by atoms with Crippen LogP contribution in [0, 0.1) is 0 Å². The molecule has 1 aliphatic rings. The van der Waals surface area contributed by atoms with Crippen molar-refractivity contribution in [1.82, 2.24) is 0 Å². The molecule has 0 aromatic heterocycles. The highest BCUT2D eigenvalue weighted by Crippen LogP contribution is 2.47. The first-order valence-electron chi connectivity index (χ1n) is 22.7. The second kappa shape index (κ2) is 37.8. The number of ether oxygens (including phenoxy) is 2. The number of esters is 2. The Balaban J connectivity index is 2.55. The number of unbranched alkanes of at least 4 members (excludes halogenated alkanes) is 5. The van der Waals surface area contributed by atoms with Gasteiger partial charge in [-0.2, -0.15) is 0 Å². The summed E-state index contributed by atoms with van der Waals surface area (Å²) in [6.07, 6.45) is 38.6. The fourth-order valence-corrected chi connectivity index (χ4v) is 6.93. The van der Waals surface area contributed by atoms with Gasteiger partial charge in [0, 0.05) is 12.8 Å². The van der Waals surface area contributed by atoms with Crippen molar-refractivity contribution in [3.63, 3.8) is 0 Å². The lowest BCUT2D eigenvalue weighted by Crippen LogP contribution is -2.64. The maximum atomic E-state index is 12.8. The molecule has 1 fully saturated rings. The van der Waals surface area contributed by atoms with E-state index in [9.17, 15) is 44.6 Å². The van der Waals surface area contributed by atoms with E-state index < -0.39 is 75.7 Å². The highest BCUT2D eigenvalue weighted by Gasteiger charge is 2.51. The van der Waals surface area contributed by atoms with Crippen LogP contribution >= 0.6 is 7.82 Å². The van der Waals surface area contributed by atoms with E-state index in [1.54, 1.807) is 0 Å². The number of carbonyl (C=O) groups is 2. The van der Waals surface area contributed by atoms with Crippen molar-refractivity contribution < 1.29 is 63.1 Å². The van der Waals surface area contributed by atoms with Crippen molar-refractivity contribution in [3.8, 4) is 0 Å². The third kappa shape index (κ3) is 30.3. The smallest absolute Gasteiger partial charge is 0.462 e. The summed E-state index contributed by atoms with van der Waals surface area (Å²) >= 11 is 0. The monoisotopic (exact) mass is 905 g/mol. The molecule has 0 radical (unpaired) electrons. The molecule has 0 bridgehead atoms. The second-order valence-electron chi connectivity index (χ2n) is 15.2. The van der Waals surface area contributed by atoms with Gasteiger partial charge in [0.1, 0.15) is 43.2 Å². The van der Waals surface area contributed by atoms with E-state index >= 15 is 0 Å². The second-order valence-corrected chi connectivity index (χ2v) is 16.6. The minimum Gasteiger partial charge on any atom is -0.462 e. The molecule has 0 amide bonds. The van der Waals surface area contributed by atoms with Crippen molar-refractivity contribution in [2.24, 2.45) is 0 Å². The number of rotatable bonds is 35. The van der Waals surface area contributed by atoms with Crippen molar-refractivity contribution >= 4 is 19.8 Å². The van der Waals surface area contributed by atoms with Crippen LogP contribution in [-0.2, 0) is 32.7 Å². The number of allylic oxidation sites excluding steroid dienone is 18. The van der Waals surface area contributed by atoms with E-state index in [2.05, 4.69) is 111 Å². The number of phosphoric ester groups is 1. The molecule has 356 valence electrons. The van der Waals surface area contributed by atoms with Crippen molar-refractivity contribution in [2.45, 2.75) is 172 Å². The summed E-state index contributed by atoms with van der Waals surface area (Å²) in [5, 5.41) is 50.1. The third-order valence-electron chi connectivity index (χ3n) is 9.58. The Kier molecular flexibility index (Phi) is 34.6. The summed E-state index contributed by atoms with van der Waals surface area (Å²) in [6, 6.07) is 0. The lowest BCUT2D eigenvalue weighted by Gasteiger charge is -2.41. The molecule has 0 heterocycles. The van der Waals surface area contributed by atoms with Gasteiger partial charge in [0.15, 0.2) is 6.10 Å². The average molecular weight is 905 g/mol. The normalized spacial score (nSPS) is 22.7. The molecule has 0 spiro atoms. The van der Waals surface area contributed by atoms with E-state index in [0.29, 0.717) is 19.3 Å². The summed E-state index contributed by atoms with van der Waals surface area (Å²) in [6.45, 7) is 3.02. The largest absolute Gasteiger partial charge is 0.472 e.